The van der Waals surface area contributed by atoms with Crippen LogP contribution in [0.2, 0.25) is 0 Å². The van der Waals surface area contributed by atoms with Crippen LogP contribution in [0.15, 0.2) is 24.7 Å². The summed E-state index contributed by atoms with van der Waals surface area (Å²) in [5, 5.41) is 11.1. The fraction of sp³-hybridized carbons (Fsp3) is 0.579. The number of nitrogens with zero attached hydrogens (tertiary/aromatic N) is 5. The number of aromatic nitrogens is 4. The molecule has 30 heavy (non-hydrogen) atoms. The van der Waals surface area contributed by atoms with Crippen molar-refractivity contribution in [3.05, 3.63) is 24.7 Å². The Hall–Kier alpha value is -2.69. The van der Waals surface area contributed by atoms with Crippen LogP contribution >= 0.6 is 0 Å². The highest BCUT2D eigenvalue weighted by molar-refractivity contribution is 5.76. The summed E-state index contributed by atoms with van der Waals surface area (Å²) >= 11 is 0. The Balaban J connectivity index is 1.42. The van der Waals surface area contributed by atoms with E-state index in [9.17, 15) is 18.0 Å². The number of carbonyl (C=O) groups is 1. The van der Waals surface area contributed by atoms with Crippen LogP contribution in [0.1, 0.15) is 32.2 Å². The highest BCUT2D eigenvalue weighted by Gasteiger charge is 2.32. The third kappa shape index (κ3) is 6.41. The summed E-state index contributed by atoms with van der Waals surface area (Å²) in [6, 6.07) is 1.64. The van der Waals surface area contributed by atoms with Gasteiger partial charge in [-0.15, -0.1) is 5.10 Å². The molecule has 1 aliphatic rings. The molecule has 2 aromatic heterocycles. The average molecular weight is 425 g/mol. The van der Waals surface area contributed by atoms with E-state index in [0.717, 1.165) is 5.56 Å². The molecule has 0 saturated carbocycles. The number of halogens is 3. The molecule has 1 aliphatic heterocycles. The molecule has 0 aliphatic carbocycles. The van der Waals surface area contributed by atoms with Gasteiger partial charge in [-0.05, 0) is 44.8 Å². The number of hydrogen-bond acceptors (Lipinski definition) is 6. The maximum absolute atomic E-state index is 12.5. The minimum Gasteiger partial charge on any atom is -0.397 e. The largest absolute Gasteiger partial charge is 0.401 e. The Kier molecular flexibility index (Phi) is 6.91. The molecule has 164 valence electrons. The van der Waals surface area contributed by atoms with E-state index in [4.69, 9.17) is 5.73 Å². The number of likely N-dealkylation sites (tertiary alicyclic amines) is 1. The Morgan fingerprint density at radius 2 is 2.07 bits per heavy atom. The number of nitrogens with one attached hydrogen (secondary N) is 1. The van der Waals surface area contributed by atoms with Crippen molar-refractivity contribution >= 4 is 11.6 Å². The number of nitrogens with two attached hydrogens (primary N) is 1. The molecule has 3 N–H and O–H groups in total. The van der Waals surface area contributed by atoms with E-state index in [2.05, 4.69) is 20.6 Å². The van der Waals surface area contributed by atoms with Crippen molar-refractivity contribution in [3.63, 3.8) is 0 Å². The third-order valence-electron chi connectivity index (χ3n) is 5.20. The monoisotopic (exact) mass is 425 g/mol. The van der Waals surface area contributed by atoms with Crippen LogP contribution in [0.25, 0.3) is 11.3 Å². The maximum atomic E-state index is 12.5. The van der Waals surface area contributed by atoms with E-state index in [1.54, 1.807) is 29.3 Å². The van der Waals surface area contributed by atoms with Crippen LogP contribution in [0.3, 0.4) is 0 Å². The summed E-state index contributed by atoms with van der Waals surface area (Å²) in [6.07, 6.45) is 2.31. The molecule has 11 heteroatoms. The molecule has 3 rings (SSSR count). The summed E-state index contributed by atoms with van der Waals surface area (Å²) in [6.45, 7) is 2.15. The fourth-order valence-electron chi connectivity index (χ4n) is 3.51. The van der Waals surface area contributed by atoms with Crippen molar-refractivity contribution in [3.8, 4) is 11.3 Å². The summed E-state index contributed by atoms with van der Waals surface area (Å²) in [5.41, 5.74) is 7.67. The summed E-state index contributed by atoms with van der Waals surface area (Å²) < 4.78 is 39.0. The number of anilines is 1. The molecular formula is C19H26F3N7O. The Morgan fingerprint density at radius 1 is 1.33 bits per heavy atom. The lowest BCUT2D eigenvalue weighted by atomic mass is 9.93. The van der Waals surface area contributed by atoms with Gasteiger partial charge >= 0.3 is 6.18 Å². The molecule has 1 amide bonds. The predicted molar refractivity (Wildman–Crippen MR) is 105 cm³/mol. The second-order valence-corrected chi connectivity index (χ2v) is 7.78. The molecule has 2 aromatic rings. The van der Waals surface area contributed by atoms with Crippen LogP contribution < -0.4 is 11.1 Å². The molecule has 8 nitrogen and oxygen atoms in total. The summed E-state index contributed by atoms with van der Waals surface area (Å²) in [4.78, 5) is 17.7. The molecule has 1 fully saturated rings. The smallest absolute Gasteiger partial charge is 0.397 e. The predicted octanol–water partition coefficient (Wildman–Crippen LogP) is 2.26. The van der Waals surface area contributed by atoms with Crippen LogP contribution in [-0.4, -0.2) is 63.1 Å². The normalized spacial score (nSPS) is 17.1. The van der Waals surface area contributed by atoms with E-state index < -0.39 is 12.7 Å². The summed E-state index contributed by atoms with van der Waals surface area (Å²) in [7, 11) is 0. The molecule has 1 saturated heterocycles. The number of piperidine rings is 1. The number of alkyl halides is 3. The first kappa shape index (κ1) is 22.0. The third-order valence-corrected chi connectivity index (χ3v) is 5.20. The van der Waals surface area contributed by atoms with Crippen molar-refractivity contribution < 1.29 is 18.0 Å². The molecule has 0 radical (unpaired) electrons. The number of amides is 1. The number of hydrogen-bond donors (Lipinski definition) is 2. The van der Waals surface area contributed by atoms with Gasteiger partial charge in [-0.1, -0.05) is 5.21 Å². The average Bonchev–Trinajstić information content (AvgIpc) is 3.17. The summed E-state index contributed by atoms with van der Waals surface area (Å²) in [5.74, 6) is 0.00953. The zero-order chi connectivity index (χ0) is 21.7. The first-order valence-electron chi connectivity index (χ1n) is 9.88. The van der Waals surface area contributed by atoms with Gasteiger partial charge in [0.25, 0.3) is 0 Å². The quantitative estimate of drug-likeness (QED) is 0.706. The molecule has 3 heterocycles. The van der Waals surface area contributed by atoms with Crippen LogP contribution in [-0.2, 0) is 4.79 Å². The number of carbonyl (C=O) groups excluding carboxylic acids is 1. The maximum Gasteiger partial charge on any atom is 0.401 e. The fourth-order valence-corrected chi connectivity index (χ4v) is 3.51. The Labute approximate surface area is 172 Å². The minimum absolute atomic E-state index is 0.100. The molecule has 1 unspecified atom stereocenters. The lowest BCUT2D eigenvalue weighted by Gasteiger charge is -2.32. The SMILES string of the molecule is CC(CNC(=O)CC1CCN(CC(F)(F)F)CC1)n1cc(-c2cncc(N)c2)nn1. The van der Waals surface area contributed by atoms with E-state index in [0.29, 0.717) is 50.3 Å². The van der Waals surface area contributed by atoms with Gasteiger partial charge in [0.1, 0.15) is 5.69 Å². The molecule has 0 bridgehead atoms. The highest BCUT2D eigenvalue weighted by atomic mass is 19.4. The van der Waals surface area contributed by atoms with Crippen LogP contribution in [0, 0.1) is 5.92 Å². The van der Waals surface area contributed by atoms with Gasteiger partial charge in [0.15, 0.2) is 0 Å². The van der Waals surface area contributed by atoms with Crippen molar-refractivity contribution in [2.24, 2.45) is 5.92 Å². The molecular weight excluding hydrogens is 399 g/mol. The van der Waals surface area contributed by atoms with Gasteiger partial charge in [-0.2, -0.15) is 13.2 Å². The second-order valence-electron chi connectivity index (χ2n) is 7.78. The van der Waals surface area contributed by atoms with Crippen molar-refractivity contribution in [1.82, 2.24) is 30.2 Å². The minimum atomic E-state index is -4.18. The molecule has 1 atom stereocenters. The zero-order valence-corrected chi connectivity index (χ0v) is 16.8. The Bertz CT molecular complexity index is 847. The first-order chi connectivity index (χ1) is 14.2. The van der Waals surface area contributed by atoms with Gasteiger partial charge in [0.05, 0.1) is 24.5 Å². The molecule has 0 spiro atoms. The van der Waals surface area contributed by atoms with Crippen LogP contribution in [0.5, 0.6) is 0 Å². The van der Waals surface area contributed by atoms with E-state index >= 15 is 0 Å². The van der Waals surface area contributed by atoms with Crippen molar-refractivity contribution in [2.75, 3.05) is 31.9 Å². The molecule has 0 aromatic carbocycles. The van der Waals surface area contributed by atoms with Gasteiger partial charge < -0.3 is 11.1 Å². The topological polar surface area (TPSA) is 102 Å². The Morgan fingerprint density at radius 3 is 2.73 bits per heavy atom. The van der Waals surface area contributed by atoms with E-state index in [-0.39, 0.29) is 17.9 Å². The van der Waals surface area contributed by atoms with Gasteiger partial charge in [0.2, 0.25) is 5.91 Å². The van der Waals surface area contributed by atoms with E-state index in [1.807, 2.05) is 6.92 Å². The standard InChI is InChI=1S/C19H26F3N7O/c1-13(29-11-17(26-27-29)15-7-16(23)10-24-9-15)8-25-18(30)6-14-2-4-28(5-3-14)12-19(20,21)22/h7,9-11,13-14H,2-6,8,12,23H2,1H3,(H,25,30). The first-order valence-corrected chi connectivity index (χ1v) is 9.88. The van der Waals surface area contributed by atoms with Crippen molar-refractivity contribution in [1.29, 1.82) is 0 Å². The zero-order valence-electron chi connectivity index (χ0n) is 16.8. The second kappa shape index (κ2) is 9.41. The lowest BCUT2D eigenvalue weighted by molar-refractivity contribution is -0.149. The number of nitrogen functional groups attached to an aromatic ring is 1. The van der Waals surface area contributed by atoms with Gasteiger partial charge in [-0.25, -0.2) is 4.68 Å². The van der Waals surface area contributed by atoms with Gasteiger partial charge in [0, 0.05) is 30.9 Å². The number of pyridine rings is 1. The lowest BCUT2D eigenvalue weighted by Crippen LogP contribution is -2.41. The number of rotatable bonds is 7. The van der Waals surface area contributed by atoms with E-state index in [1.165, 1.54) is 4.90 Å². The van der Waals surface area contributed by atoms with Crippen LogP contribution in [0.4, 0.5) is 18.9 Å². The van der Waals surface area contributed by atoms with Gasteiger partial charge in [-0.3, -0.25) is 14.7 Å². The highest BCUT2D eigenvalue weighted by Crippen LogP contribution is 2.24. The van der Waals surface area contributed by atoms with Crippen molar-refractivity contribution in [2.45, 2.75) is 38.4 Å².